The van der Waals surface area contributed by atoms with Gasteiger partial charge in [-0.2, -0.15) is 4.98 Å². The Kier molecular flexibility index (Phi) is 4.90. The highest BCUT2D eigenvalue weighted by atomic mass is 16.5. The van der Waals surface area contributed by atoms with Gasteiger partial charge in [-0.3, -0.25) is 0 Å². The van der Waals surface area contributed by atoms with Crippen molar-refractivity contribution in [3.63, 3.8) is 0 Å². The van der Waals surface area contributed by atoms with E-state index in [1.807, 2.05) is 0 Å². The van der Waals surface area contributed by atoms with E-state index in [9.17, 15) is 4.79 Å². The lowest BCUT2D eigenvalue weighted by atomic mass is 10.00. The lowest BCUT2D eigenvalue weighted by Gasteiger charge is -2.15. The zero-order valence-corrected chi connectivity index (χ0v) is 13.3. The Balaban J connectivity index is 1.41. The van der Waals surface area contributed by atoms with Crippen LogP contribution in [0.4, 0.5) is 4.79 Å². The summed E-state index contributed by atoms with van der Waals surface area (Å²) >= 11 is 0. The summed E-state index contributed by atoms with van der Waals surface area (Å²) in [6, 6.07) is 8.44. The summed E-state index contributed by atoms with van der Waals surface area (Å²) in [4.78, 5) is 15.9. The van der Waals surface area contributed by atoms with Crippen LogP contribution in [0, 0.1) is 12.8 Å². The highest BCUT2D eigenvalue weighted by Gasteiger charge is 2.16. The zero-order chi connectivity index (χ0) is 16.1. The van der Waals surface area contributed by atoms with Gasteiger partial charge in [-0.15, -0.1) is 0 Å². The Morgan fingerprint density at radius 2 is 1.91 bits per heavy atom. The highest BCUT2D eigenvalue weighted by Crippen LogP contribution is 2.23. The van der Waals surface area contributed by atoms with E-state index in [1.165, 1.54) is 11.1 Å². The third kappa shape index (κ3) is 4.31. The number of carbonyl (C=O) groups excluding carboxylic acids is 1. The highest BCUT2D eigenvalue weighted by molar-refractivity contribution is 5.73. The molecule has 1 aromatic heterocycles. The van der Waals surface area contributed by atoms with Gasteiger partial charge < -0.3 is 15.2 Å². The van der Waals surface area contributed by atoms with Crippen LogP contribution in [0.5, 0.6) is 0 Å². The quantitative estimate of drug-likeness (QED) is 0.849. The van der Waals surface area contributed by atoms with E-state index in [-0.39, 0.29) is 12.6 Å². The number of fused-ring (bicyclic) bond motifs is 1. The van der Waals surface area contributed by atoms with E-state index >= 15 is 0 Å². The van der Waals surface area contributed by atoms with Gasteiger partial charge in [0.25, 0.3) is 0 Å². The van der Waals surface area contributed by atoms with Crippen molar-refractivity contribution < 1.29 is 9.32 Å². The molecular formula is C17H22N4O2. The number of benzene rings is 1. The smallest absolute Gasteiger partial charge is 0.315 e. The number of nitrogens with zero attached hydrogens (tertiary/aromatic N) is 2. The molecule has 0 spiro atoms. The second-order valence-electron chi connectivity index (χ2n) is 6.01. The maximum Gasteiger partial charge on any atom is 0.315 e. The largest absolute Gasteiger partial charge is 0.340 e. The van der Waals surface area contributed by atoms with Crippen LogP contribution in [-0.2, 0) is 19.4 Å². The van der Waals surface area contributed by atoms with E-state index in [2.05, 4.69) is 45.0 Å². The molecule has 0 bridgehead atoms. The number of urea groups is 1. The van der Waals surface area contributed by atoms with Crippen LogP contribution >= 0.6 is 0 Å². The predicted octanol–water partition coefficient (Wildman–Crippen LogP) is 2.37. The molecule has 1 aliphatic rings. The van der Waals surface area contributed by atoms with E-state index in [0.717, 1.165) is 25.7 Å². The molecule has 6 heteroatoms. The SMILES string of the molecule is Cc1nc(CNC(=O)NCC2CCc3ccccc3CC2)no1. The van der Waals surface area contributed by atoms with Crippen molar-refractivity contribution in [1.82, 2.24) is 20.8 Å². The summed E-state index contributed by atoms with van der Waals surface area (Å²) in [5.74, 6) is 1.50. The lowest BCUT2D eigenvalue weighted by Crippen LogP contribution is -2.38. The van der Waals surface area contributed by atoms with Crippen molar-refractivity contribution in [2.75, 3.05) is 6.54 Å². The second-order valence-corrected chi connectivity index (χ2v) is 6.01. The maximum absolute atomic E-state index is 11.9. The van der Waals surface area contributed by atoms with Crippen molar-refractivity contribution in [3.05, 3.63) is 47.1 Å². The molecule has 1 aliphatic carbocycles. The minimum Gasteiger partial charge on any atom is -0.340 e. The van der Waals surface area contributed by atoms with E-state index < -0.39 is 0 Å². The molecule has 1 aromatic carbocycles. The fraction of sp³-hybridized carbons (Fsp3) is 0.471. The molecule has 0 fully saturated rings. The summed E-state index contributed by atoms with van der Waals surface area (Å²) in [7, 11) is 0. The Hall–Kier alpha value is -2.37. The predicted molar refractivity (Wildman–Crippen MR) is 85.8 cm³/mol. The van der Waals surface area contributed by atoms with Crippen LogP contribution < -0.4 is 10.6 Å². The molecule has 0 radical (unpaired) electrons. The molecule has 23 heavy (non-hydrogen) atoms. The van der Waals surface area contributed by atoms with Crippen LogP contribution in [0.25, 0.3) is 0 Å². The molecule has 0 saturated carbocycles. The van der Waals surface area contributed by atoms with Crippen molar-refractivity contribution >= 4 is 6.03 Å². The van der Waals surface area contributed by atoms with Crippen molar-refractivity contribution in [1.29, 1.82) is 0 Å². The first-order valence-electron chi connectivity index (χ1n) is 8.08. The standard InChI is InChI=1S/C17H22N4O2/c1-12-20-16(21-23-12)11-19-17(22)18-10-13-6-8-14-4-2-3-5-15(14)9-7-13/h2-5,13H,6-11H2,1H3,(H2,18,19,22). The second kappa shape index (κ2) is 7.26. The molecule has 122 valence electrons. The minimum atomic E-state index is -0.186. The zero-order valence-electron chi connectivity index (χ0n) is 13.3. The summed E-state index contributed by atoms with van der Waals surface area (Å²) in [5.41, 5.74) is 2.90. The topological polar surface area (TPSA) is 80.0 Å². The first-order chi connectivity index (χ1) is 11.2. The van der Waals surface area contributed by atoms with Gasteiger partial charge in [-0.1, -0.05) is 29.4 Å². The Labute approximate surface area is 135 Å². The van der Waals surface area contributed by atoms with Gasteiger partial charge in [0, 0.05) is 13.5 Å². The number of amides is 2. The molecular weight excluding hydrogens is 292 g/mol. The molecule has 0 saturated heterocycles. The average Bonchev–Trinajstić information content (AvgIpc) is 2.87. The molecule has 0 aliphatic heterocycles. The van der Waals surface area contributed by atoms with Crippen LogP contribution in [0.2, 0.25) is 0 Å². The average molecular weight is 314 g/mol. The molecule has 6 nitrogen and oxygen atoms in total. The van der Waals surface area contributed by atoms with Gasteiger partial charge in [0.15, 0.2) is 5.82 Å². The summed E-state index contributed by atoms with van der Waals surface area (Å²) in [6.45, 7) is 2.70. The first-order valence-corrected chi connectivity index (χ1v) is 8.08. The number of nitrogens with one attached hydrogen (secondary N) is 2. The molecule has 0 unspecified atom stereocenters. The number of carbonyl (C=O) groups is 1. The fourth-order valence-corrected chi connectivity index (χ4v) is 2.98. The molecule has 0 atom stereocenters. The number of aromatic nitrogens is 2. The van der Waals surface area contributed by atoms with Gasteiger partial charge >= 0.3 is 6.03 Å². The summed E-state index contributed by atoms with van der Waals surface area (Å²) < 4.78 is 4.86. The van der Waals surface area contributed by atoms with E-state index in [4.69, 9.17) is 4.52 Å². The molecule has 2 amide bonds. The van der Waals surface area contributed by atoms with Gasteiger partial charge in [-0.05, 0) is 42.7 Å². The number of rotatable bonds is 4. The van der Waals surface area contributed by atoms with Crippen LogP contribution in [0.3, 0.4) is 0 Å². The molecule has 3 rings (SSSR count). The Morgan fingerprint density at radius 3 is 2.52 bits per heavy atom. The van der Waals surface area contributed by atoms with Gasteiger partial charge in [-0.25, -0.2) is 4.79 Å². The molecule has 1 heterocycles. The minimum absolute atomic E-state index is 0.186. The van der Waals surface area contributed by atoms with Gasteiger partial charge in [0.05, 0.1) is 6.54 Å². The van der Waals surface area contributed by atoms with Crippen LogP contribution in [0.15, 0.2) is 28.8 Å². The van der Waals surface area contributed by atoms with Gasteiger partial charge in [0.1, 0.15) is 0 Å². The number of aryl methyl sites for hydroxylation is 3. The maximum atomic E-state index is 11.9. The molecule has 2 aromatic rings. The Bertz CT molecular complexity index is 641. The lowest BCUT2D eigenvalue weighted by molar-refractivity contribution is 0.237. The monoisotopic (exact) mass is 314 g/mol. The summed E-state index contributed by atoms with van der Waals surface area (Å²) in [6.07, 6.45) is 4.40. The van der Waals surface area contributed by atoms with E-state index in [0.29, 0.717) is 24.2 Å². The summed E-state index contributed by atoms with van der Waals surface area (Å²) in [5, 5.41) is 9.44. The van der Waals surface area contributed by atoms with Gasteiger partial charge in [0.2, 0.25) is 5.89 Å². The van der Waals surface area contributed by atoms with Crippen LogP contribution in [-0.4, -0.2) is 22.7 Å². The van der Waals surface area contributed by atoms with E-state index in [1.54, 1.807) is 6.92 Å². The van der Waals surface area contributed by atoms with Crippen molar-refractivity contribution in [3.8, 4) is 0 Å². The van der Waals surface area contributed by atoms with Crippen molar-refractivity contribution in [2.45, 2.75) is 39.2 Å². The first kappa shape index (κ1) is 15.5. The third-order valence-corrected chi connectivity index (χ3v) is 4.29. The Morgan fingerprint density at radius 1 is 1.22 bits per heavy atom. The normalized spacial score (nSPS) is 14.8. The molecule has 2 N–H and O–H groups in total. The number of hydrogen-bond donors (Lipinski definition) is 2. The van der Waals surface area contributed by atoms with Crippen molar-refractivity contribution in [2.24, 2.45) is 5.92 Å². The fourth-order valence-electron chi connectivity index (χ4n) is 2.98. The third-order valence-electron chi connectivity index (χ3n) is 4.29. The van der Waals surface area contributed by atoms with Crippen LogP contribution in [0.1, 0.15) is 35.7 Å². The number of hydrogen-bond acceptors (Lipinski definition) is 4.